The van der Waals surface area contributed by atoms with Gasteiger partial charge in [0.05, 0.1) is 7.11 Å². The average Bonchev–Trinajstić information content (AvgIpc) is 2.42. The van der Waals surface area contributed by atoms with Crippen LogP contribution in [0.5, 0.6) is 11.6 Å². The predicted octanol–water partition coefficient (Wildman–Crippen LogP) is 2.02. The molecule has 0 atom stereocenters. The zero-order valence-electron chi connectivity index (χ0n) is 12.2. The predicted molar refractivity (Wildman–Crippen MR) is 84.3 cm³/mol. The SMILES string of the molecule is COc1c(C)cc(C(=O)Nc2c(O)[nH]c(=S)[nH]c2=O)cc1C. The van der Waals surface area contributed by atoms with Gasteiger partial charge in [-0.25, -0.2) is 0 Å². The maximum atomic E-state index is 12.3. The minimum atomic E-state index is -0.684. The second kappa shape index (κ2) is 6.02. The fourth-order valence-corrected chi connectivity index (χ4v) is 2.37. The van der Waals surface area contributed by atoms with E-state index in [1.165, 1.54) is 0 Å². The zero-order chi connectivity index (χ0) is 16.4. The molecular weight excluding hydrogens is 306 g/mol. The number of amides is 1. The van der Waals surface area contributed by atoms with Crippen LogP contribution in [0.15, 0.2) is 16.9 Å². The van der Waals surface area contributed by atoms with Crippen molar-refractivity contribution >= 4 is 23.8 Å². The summed E-state index contributed by atoms with van der Waals surface area (Å²) in [7, 11) is 1.55. The van der Waals surface area contributed by atoms with Crippen LogP contribution in [0.1, 0.15) is 21.5 Å². The van der Waals surface area contributed by atoms with Gasteiger partial charge in [0.15, 0.2) is 10.5 Å². The molecule has 0 fully saturated rings. The number of anilines is 1. The average molecular weight is 321 g/mol. The maximum absolute atomic E-state index is 12.3. The highest BCUT2D eigenvalue weighted by atomic mass is 32.1. The molecule has 8 heteroatoms. The van der Waals surface area contributed by atoms with Crippen molar-refractivity contribution in [3.8, 4) is 11.6 Å². The first-order chi connectivity index (χ1) is 10.3. The van der Waals surface area contributed by atoms with Gasteiger partial charge in [-0.1, -0.05) is 0 Å². The molecule has 1 aromatic carbocycles. The molecule has 0 aliphatic rings. The Morgan fingerprint density at radius 2 is 1.86 bits per heavy atom. The molecule has 0 aliphatic carbocycles. The van der Waals surface area contributed by atoms with Gasteiger partial charge < -0.3 is 20.1 Å². The van der Waals surface area contributed by atoms with Crippen molar-refractivity contribution in [2.75, 3.05) is 12.4 Å². The van der Waals surface area contributed by atoms with Gasteiger partial charge in [0, 0.05) is 5.56 Å². The van der Waals surface area contributed by atoms with Crippen molar-refractivity contribution < 1.29 is 14.6 Å². The molecule has 4 N–H and O–H groups in total. The molecule has 2 rings (SSSR count). The summed E-state index contributed by atoms with van der Waals surface area (Å²) in [5.74, 6) is -0.328. The lowest BCUT2D eigenvalue weighted by atomic mass is 10.1. The smallest absolute Gasteiger partial charge is 0.279 e. The third kappa shape index (κ3) is 3.01. The molecule has 0 spiro atoms. The Morgan fingerprint density at radius 3 is 2.36 bits per heavy atom. The molecule has 2 aromatic rings. The monoisotopic (exact) mass is 321 g/mol. The molecule has 1 amide bonds. The van der Waals surface area contributed by atoms with Crippen LogP contribution >= 0.6 is 12.2 Å². The van der Waals surface area contributed by atoms with Crippen molar-refractivity contribution in [2.24, 2.45) is 0 Å². The van der Waals surface area contributed by atoms with Gasteiger partial charge >= 0.3 is 0 Å². The number of H-pyrrole nitrogens is 2. The van der Waals surface area contributed by atoms with E-state index in [1.807, 2.05) is 13.8 Å². The summed E-state index contributed by atoms with van der Waals surface area (Å²) in [5, 5.41) is 12.0. The summed E-state index contributed by atoms with van der Waals surface area (Å²) >= 11 is 4.72. The first-order valence-corrected chi connectivity index (χ1v) is 6.76. The normalized spacial score (nSPS) is 10.3. The van der Waals surface area contributed by atoms with Crippen molar-refractivity contribution in [1.29, 1.82) is 0 Å². The zero-order valence-corrected chi connectivity index (χ0v) is 13.1. The lowest BCUT2D eigenvalue weighted by Gasteiger charge is -2.11. The van der Waals surface area contributed by atoms with Crippen LogP contribution in [-0.4, -0.2) is 28.1 Å². The third-order valence-corrected chi connectivity index (χ3v) is 3.29. The van der Waals surface area contributed by atoms with Gasteiger partial charge in [-0.15, -0.1) is 0 Å². The number of aromatic amines is 2. The maximum Gasteiger partial charge on any atom is 0.279 e. The molecule has 0 bridgehead atoms. The van der Waals surface area contributed by atoms with Gasteiger partial charge in [-0.3, -0.25) is 14.6 Å². The fraction of sp³-hybridized carbons (Fsp3) is 0.214. The summed E-state index contributed by atoms with van der Waals surface area (Å²) in [6.07, 6.45) is 0. The Labute approximate surface area is 131 Å². The molecule has 0 unspecified atom stereocenters. The summed E-state index contributed by atoms with van der Waals surface area (Å²) in [5.41, 5.74) is 0.954. The summed E-state index contributed by atoms with van der Waals surface area (Å²) in [6.45, 7) is 3.62. The number of nitrogens with one attached hydrogen (secondary N) is 3. The highest BCUT2D eigenvalue weighted by molar-refractivity contribution is 7.71. The number of benzene rings is 1. The third-order valence-electron chi connectivity index (χ3n) is 3.09. The molecule has 1 aromatic heterocycles. The van der Waals surface area contributed by atoms with E-state index in [2.05, 4.69) is 15.3 Å². The first kappa shape index (κ1) is 15.8. The number of aromatic nitrogens is 2. The van der Waals surface area contributed by atoms with E-state index >= 15 is 0 Å². The molecule has 0 radical (unpaired) electrons. The number of hydrogen-bond donors (Lipinski definition) is 4. The summed E-state index contributed by atoms with van der Waals surface area (Å²) in [4.78, 5) is 28.6. The van der Waals surface area contributed by atoms with Gasteiger partial charge in [0.1, 0.15) is 5.75 Å². The van der Waals surface area contributed by atoms with Crippen LogP contribution in [0.2, 0.25) is 0 Å². The van der Waals surface area contributed by atoms with Gasteiger partial charge in [0.25, 0.3) is 11.5 Å². The van der Waals surface area contributed by atoms with Gasteiger partial charge in [-0.2, -0.15) is 0 Å². The van der Waals surface area contributed by atoms with E-state index in [9.17, 15) is 14.7 Å². The molecular formula is C14H15N3O4S. The van der Waals surface area contributed by atoms with E-state index in [0.717, 1.165) is 11.1 Å². The van der Waals surface area contributed by atoms with Crippen molar-refractivity contribution in [1.82, 2.24) is 9.97 Å². The first-order valence-electron chi connectivity index (χ1n) is 6.35. The topological polar surface area (TPSA) is 107 Å². The molecule has 116 valence electrons. The molecule has 0 saturated carbocycles. The number of ether oxygens (including phenoxy) is 1. The van der Waals surface area contributed by atoms with Gasteiger partial charge in [0.2, 0.25) is 5.88 Å². The number of methoxy groups -OCH3 is 1. The van der Waals surface area contributed by atoms with Crippen molar-refractivity contribution in [3.05, 3.63) is 43.9 Å². The second-order valence-electron chi connectivity index (χ2n) is 4.73. The van der Waals surface area contributed by atoms with Crippen LogP contribution in [0.25, 0.3) is 0 Å². The van der Waals surface area contributed by atoms with E-state index in [0.29, 0.717) is 11.3 Å². The van der Waals surface area contributed by atoms with Crippen LogP contribution in [0.4, 0.5) is 5.69 Å². The summed E-state index contributed by atoms with van der Waals surface area (Å²) in [6, 6.07) is 3.27. The van der Waals surface area contributed by atoms with Crippen LogP contribution in [0.3, 0.4) is 0 Å². The van der Waals surface area contributed by atoms with Crippen molar-refractivity contribution in [2.45, 2.75) is 13.8 Å². The van der Waals surface area contributed by atoms with Crippen LogP contribution in [0, 0.1) is 18.6 Å². The minimum absolute atomic E-state index is 0.0309. The lowest BCUT2D eigenvalue weighted by molar-refractivity contribution is 0.102. The molecule has 1 heterocycles. The molecule has 22 heavy (non-hydrogen) atoms. The van der Waals surface area contributed by atoms with Crippen LogP contribution < -0.4 is 15.6 Å². The number of rotatable bonds is 3. The Bertz CT molecular complexity index is 831. The summed E-state index contributed by atoms with van der Waals surface area (Å²) < 4.78 is 5.21. The number of aryl methyl sites for hydroxylation is 2. The Hall–Kier alpha value is -2.61. The van der Waals surface area contributed by atoms with E-state index in [-0.39, 0.29) is 10.5 Å². The van der Waals surface area contributed by atoms with E-state index in [4.69, 9.17) is 17.0 Å². The number of aromatic hydroxyl groups is 1. The van der Waals surface area contributed by atoms with Gasteiger partial charge in [-0.05, 0) is 49.3 Å². The largest absolute Gasteiger partial charge is 0.496 e. The van der Waals surface area contributed by atoms with Crippen molar-refractivity contribution in [3.63, 3.8) is 0 Å². The van der Waals surface area contributed by atoms with Crippen LogP contribution in [-0.2, 0) is 0 Å². The fourth-order valence-electron chi connectivity index (χ4n) is 2.18. The minimum Gasteiger partial charge on any atom is -0.496 e. The number of carbonyl (C=O) groups is 1. The molecule has 0 saturated heterocycles. The quantitative estimate of drug-likeness (QED) is 0.647. The molecule has 0 aliphatic heterocycles. The highest BCUT2D eigenvalue weighted by Crippen LogP contribution is 2.25. The lowest BCUT2D eigenvalue weighted by Crippen LogP contribution is -2.21. The Balaban J connectivity index is 2.39. The van der Waals surface area contributed by atoms with E-state index in [1.54, 1.807) is 19.2 Å². The van der Waals surface area contributed by atoms with E-state index < -0.39 is 17.3 Å². The number of carbonyl (C=O) groups excluding carboxylic acids is 1. The molecule has 7 nitrogen and oxygen atoms in total. The number of hydrogen-bond acceptors (Lipinski definition) is 5. The second-order valence-corrected chi connectivity index (χ2v) is 5.14. The Kier molecular flexibility index (Phi) is 4.32. The highest BCUT2D eigenvalue weighted by Gasteiger charge is 2.15. The Morgan fingerprint density at radius 1 is 1.27 bits per heavy atom. The standard InChI is InChI=1S/C14H15N3O4S/c1-6-4-8(5-7(2)10(6)21-3)11(18)15-9-12(19)16-14(22)17-13(9)20/h4-5H,1-3H3,(H,15,18)(H3,16,17,19,20,22).